The van der Waals surface area contributed by atoms with Crippen molar-refractivity contribution in [2.75, 3.05) is 0 Å². The SMILES string of the molecule is O=CC(c1ccccc1)c1ccc(C(=O)c2ccccc2)cc1. The molecule has 0 amide bonds. The predicted octanol–water partition coefficient (Wildman–Crippen LogP) is 4.25. The summed E-state index contributed by atoms with van der Waals surface area (Å²) >= 11 is 0. The molecule has 0 spiro atoms. The zero-order valence-electron chi connectivity index (χ0n) is 12.6. The van der Waals surface area contributed by atoms with E-state index in [2.05, 4.69) is 0 Å². The summed E-state index contributed by atoms with van der Waals surface area (Å²) in [6.45, 7) is 0. The van der Waals surface area contributed by atoms with Crippen LogP contribution in [-0.2, 0) is 4.79 Å². The van der Waals surface area contributed by atoms with Gasteiger partial charge in [0, 0.05) is 11.1 Å². The molecule has 112 valence electrons. The van der Waals surface area contributed by atoms with Gasteiger partial charge in [0.25, 0.3) is 0 Å². The summed E-state index contributed by atoms with van der Waals surface area (Å²) < 4.78 is 0. The molecule has 1 unspecified atom stereocenters. The van der Waals surface area contributed by atoms with Gasteiger partial charge in [-0.25, -0.2) is 0 Å². The number of benzene rings is 3. The summed E-state index contributed by atoms with van der Waals surface area (Å²) in [4.78, 5) is 23.9. The average Bonchev–Trinajstić information content (AvgIpc) is 2.64. The Morgan fingerprint density at radius 3 is 1.70 bits per heavy atom. The van der Waals surface area contributed by atoms with Crippen LogP contribution in [-0.4, -0.2) is 12.1 Å². The molecule has 0 N–H and O–H groups in total. The molecule has 1 atom stereocenters. The molecule has 0 aromatic heterocycles. The Morgan fingerprint density at radius 2 is 1.13 bits per heavy atom. The lowest BCUT2D eigenvalue weighted by atomic mass is 9.91. The number of hydrogen-bond acceptors (Lipinski definition) is 2. The van der Waals surface area contributed by atoms with Gasteiger partial charge < -0.3 is 4.79 Å². The van der Waals surface area contributed by atoms with E-state index in [9.17, 15) is 9.59 Å². The first-order valence-corrected chi connectivity index (χ1v) is 7.49. The third-order valence-corrected chi connectivity index (χ3v) is 3.86. The molecule has 3 aromatic rings. The van der Waals surface area contributed by atoms with Crippen LogP contribution in [0.2, 0.25) is 0 Å². The van der Waals surface area contributed by atoms with E-state index in [0.29, 0.717) is 11.1 Å². The van der Waals surface area contributed by atoms with E-state index in [1.54, 1.807) is 24.3 Å². The summed E-state index contributed by atoms with van der Waals surface area (Å²) in [6.07, 6.45) is 0.934. The van der Waals surface area contributed by atoms with Crippen molar-refractivity contribution >= 4 is 12.1 Å². The molecule has 0 heterocycles. The summed E-state index contributed by atoms with van der Waals surface area (Å²) in [5.74, 6) is -0.323. The second-order valence-corrected chi connectivity index (χ2v) is 5.34. The smallest absolute Gasteiger partial charge is 0.193 e. The van der Waals surface area contributed by atoms with Crippen molar-refractivity contribution in [1.82, 2.24) is 0 Å². The normalized spacial score (nSPS) is 11.7. The number of carbonyl (C=O) groups excluding carboxylic acids is 2. The highest BCUT2D eigenvalue weighted by atomic mass is 16.1. The summed E-state index contributed by atoms with van der Waals surface area (Å²) in [5.41, 5.74) is 3.12. The predicted molar refractivity (Wildman–Crippen MR) is 90.7 cm³/mol. The lowest BCUT2D eigenvalue weighted by Crippen LogP contribution is -2.04. The Morgan fingerprint density at radius 1 is 0.652 bits per heavy atom. The van der Waals surface area contributed by atoms with Gasteiger partial charge in [-0.3, -0.25) is 4.79 Å². The molecule has 0 aliphatic carbocycles. The molecule has 23 heavy (non-hydrogen) atoms. The van der Waals surface area contributed by atoms with E-state index in [-0.39, 0.29) is 11.7 Å². The number of carbonyl (C=O) groups is 2. The summed E-state index contributed by atoms with van der Waals surface area (Å²) in [7, 11) is 0. The first-order chi connectivity index (χ1) is 11.3. The maximum atomic E-state index is 12.4. The van der Waals surface area contributed by atoms with Crippen LogP contribution in [0.4, 0.5) is 0 Å². The van der Waals surface area contributed by atoms with E-state index in [4.69, 9.17) is 0 Å². The lowest BCUT2D eigenvalue weighted by molar-refractivity contribution is -0.108. The van der Waals surface area contributed by atoms with Gasteiger partial charge in [0.1, 0.15) is 6.29 Å². The molecular formula is C21H16O2. The Hall–Kier alpha value is -3.00. The second-order valence-electron chi connectivity index (χ2n) is 5.34. The van der Waals surface area contributed by atoms with Gasteiger partial charge >= 0.3 is 0 Å². The van der Waals surface area contributed by atoms with E-state index >= 15 is 0 Å². The number of rotatable bonds is 5. The first-order valence-electron chi connectivity index (χ1n) is 7.49. The maximum Gasteiger partial charge on any atom is 0.193 e. The molecule has 0 aliphatic heterocycles. The maximum absolute atomic E-state index is 12.4. The van der Waals surface area contributed by atoms with Crippen LogP contribution in [0, 0.1) is 0 Å². The third-order valence-electron chi connectivity index (χ3n) is 3.86. The molecule has 0 fully saturated rings. The van der Waals surface area contributed by atoms with Crippen molar-refractivity contribution < 1.29 is 9.59 Å². The molecule has 0 saturated carbocycles. The number of ketones is 1. The van der Waals surface area contributed by atoms with Gasteiger partial charge in [-0.15, -0.1) is 0 Å². The average molecular weight is 300 g/mol. The topological polar surface area (TPSA) is 34.1 Å². The Bertz CT molecular complexity index is 790. The Kier molecular flexibility index (Phi) is 4.44. The highest BCUT2D eigenvalue weighted by molar-refractivity contribution is 6.08. The van der Waals surface area contributed by atoms with Crippen molar-refractivity contribution in [3.05, 3.63) is 107 Å². The van der Waals surface area contributed by atoms with Crippen molar-refractivity contribution in [1.29, 1.82) is 0 Å². The quantitative estimate of drug-likeness (QED) is 0.521. The van der Waals surface area contributed by atoms with Crippen LogP contribution in [0.15, 0.2) is 84.9 Å². The van der Waals surface area contributed by atoms with Crippen molar-refractivity contribution in [2.24, 2.45) is 0 Å². The molecule has 3 rings (SSSR count). The standard InChI is InChI=1S/C21H16O2/c22-15-20(16-7-3-1-4-8-16)17-11-13-19(14-12-17)21(23)18-9-5-2-6-10-18/h1-15,20H. The fourth-order valence-corrected chi connectivity index (χ4v) is 2.61. The first kappa shape index (κ1) is 14.9. The van der Waals surface area contributed by atoms with Gasteiger partial charge in [-0.1, -0.05) is 84.9 Å². The molecule has 0 saturated heterocycles. The fraction of sp³-hybridized carbons (Fsp3) is 0.0476. The van der Waals surface area contributed by atoms with Crippen LogP contribution in [0.25, 0.3) is 0 Å². The minimum Gasteiger partial charge on any atom is -0.302 e. The molecule has 2 nitrogen and oxygen atoms in total. The van der Waals surface area contributed by atoms with Crippen LogP contribution >= 0.6 is 0 Å². The number of aldehydes is 1. The monoisotopic (exact) mass is 300 g/mol. The molecule has 3 aromatic carbocycles. The highest BCUT2D eigenvalue weighted by Crippen LogP contribution is 2.23. The van der Waals surface area contributed by atoms with Gasteiger partial charge in [-0.05, 0) is 11.1 Å². The van der Waals surface area contributed by atoms with Gasteiger partial charge in [0.2, 0.25) is 0 Å². The summed E-state index contributed by atoms with van der Waals surface area (Å²) in [6, 6.07) is 26.1. The van der Waals surface area contributed by atoms with Gasteiger partial charge in [0.15, 0.2) is 5.78 Å². The van der Waals surface area contributed by atoms with Gasteiger partial charge in [-0.2, -0.15) is 0 Å². The van der Waals surface area contributed by atoms with E-state index in [1.807, 2.05) is 60.7 Å². The largest absolute Gasteiger partial charge is 0.302 e. The third kappa shape index (κ3) is 3.27. The molecule has 0 aliphatic rings. The molecule has 0 bridgehead atoms. The minimum absolute atomic E-state index is 0.0143. The summed E-state index contributed by atoms with van der Waals surface area (Å²) in [5, 5.41) is 0. The second kappa shape index (κ2) is 6.84. The Labute approximate surface area is 135 Å². The van der Waals surface area contributed by atoms with Crippen molar-refractivity contribution in [3.63, 3.8) is 0 Å². The van der Waals surface area contributed by atoms with Crippen LogP contribution in [0.3, 0.4) is 0 Å². The zero-order chi connectivity index (χ0) is 16.1. The molecule has 2 heteroatoms. The number of hydrogen-bond donors (Lipinski definition) is 0. The lowest BCUT2D eigenvalue weighted by Gasteiger charge is -2.11. The van der Waals surface area contributed by atoms with E-state index < -0.39 is 0 Å². The van der Waals surface area contributed by atoms with Crippen molar-refractivity contribution in [3.8, 4) is 0 Å². The van der Waals surface area contributed by atoms with E-state index in [0.717, 1.165) is 17.4 Å². The zero-order valence-corrected chi connectivity index (χ0v) is 12.6. The van der Waals surface area contributed by atoms with Crippen LogP contribution in [0.5, 0.6) is 0 Å². The van der Waals surface area contributed by atoms with Gasteiger partial charge in [0.05, 0.1) is 5.92 Å². The van der Waals surface area contributed by atoms with E-state index in [1.165, 1.54) is 0 Å². The molecular weight excluding hydrogens is 284 g/mol. The fourth-order valence-electron chi connectivity index (χ4n) is 2.61. The van der Waals surface area contributed by atoms with Crippen LogP contribution in [0.1, 0.15) is 33.0 Å². The molecule has 0 radical (unpaired) electrons. The minimum atomic E-state index is -0.308. The highest BCUT2D eigenvalue weighted by Gasteiger charge is 2.14. The van der Waals surface area contributed by atoms with Crippen LogP contribution < -0.4 is 0 Å². The Balaban J connectivity index is 1.87. The van der Waals surface area contributed by atoms with Crippen molar-refractivity contribution in [2.45, 2.75) is 5.92 Å².